The predicted octanol–water partition coefficient (Wildman–Crippen LogP) is 2.40. The van der Waals surface area contributed by atoms with E-state index in [-0.39, 0.29) is 12.4 Å². The Morgan fingerprint density at radius 2 is 2.20 bits per heavy atom. The molecule has 0 radical (unpaired) electrons. The van der Waals surface area contributed by atoms with E-state index >= 15 is 0 Å². The zero-order valence-electron chi connectivity index (χ0n) is 8.90. The molecule has 80 valence electrons. The van der Waals surface area contributed by atoms with Gasteiger partial charge in [0, 0.05) is 12.0 Å². The van der Waals surface area contributed by atoms with Gasteiger partial charge in [-0.1, -0.05) is 13.0 Å². The average molecular weight is 204 g/mol. The van der Waals surface area contributed by atoms with E-state index < -0.39 is 0 Å². The molecule has 0 saturated carbocycles. The molecular formula is C13H16O2. The summed E-state index contributed by atoms with van der Waals surface area (Å²) in [4.78, 5) is 0. The Kier molecular flexibility index (Phi) is 4.20. The summed E-state index contributed by atoms with van der Waals surface area (Å²) in [5, 5.41) is 18.4. The van der Waals surface area contributed by atoms with Gasteiger partial charge in [0.25, 0.3) is 0 Å². The molecule has 2 heteroatoms. The maximum absolute atomic E-state index is 9.42. The van der Waals surface area contributed by atoms with Gasteiger partial charge in [-0.2, -0.15) is 0 Å². The van der Waals surface area contributed by atoms with Crippen LogP contribution in [0.1, 0.15) is 36.8 Å². The molecular weight excluding hydrogens is 188 g/mol. The quantitative estimate of drug-likeness (QED) is 0.739. The first kappa shape index (κ1) is 11.6. The molecule has 0 spiro atoms. The smallest absolute Gasteiger partial charge is 0.121 e. The second kappa shape index (κ2) is 5.43. The number of terminal acetylenes is 1. The lowest BCUT2D eigenvalue weighted by Gasteiger charge is -2.13. The lowest BCUT2D eigenvalue weighted by Crippen LogP contribution is -1.97. The summed E-state index contributed by atoms with van der Waals surface area (Å²) in [5.41, 5.74) is 1.64. The summed E-state index contributed by atoms with van der Waals surface area (Å²) in [7, 11) is 0. The fourth-order valence-corrected chi connectivity index (χ4v) is 1.63. The van der Waals surface area contributed by atoms with Crippen molar-refractivity contribution in [2.45, 2.75) is 32.3 Å². The van der Waals surface area contributed by atoms with Crippen molar-refractivity contribution in [2.24, 2.45) is 0 Å². The predicted molar refractivity (Wildman–Crippen MR) is 60.5 cm³/mol. The molecule has 15 heavy (non-hydrogen) atoms. The fourth-order valence-electron chi connectivity index (χ4n) is 1.63. The van der Waals surface area contributed by atoms with E-state index in [9.17, 15) is 5.11 Å². The zero-order chi connectivity index (χ0) is 11.3. The van der Waals surface area contributed by atoms with E-state index in [4.69, 9.17) is 11.5 Å². The largest absolute Gasteiger partial charge is 0.508 e. The number of rotatable bonds is 4. The molecule has 2 N–H and O–H groups in total. The lowest BCUT2D eigenvalue weighted by molar-refractivity contribution is 0.275. The van der Waals surface area contributed by atoms with Crippen LogP contribution < -0.4 is 0 Å². The molecule has 1 atom stereocenters. The van der Waals surface area contributed by atoms with Gasteiger partial charge in [0.15, 0.2) is 0 Å². The van der Waals surface area contributed by atoms with Crippen LogP contribution in [-0.4, -0.2) is 10.2 Å². The maximum Gasteiger partial charge on any atom is 0.121 e. The van der Waals surface area contributed by atoms with Crippen LogP contribution in [0.15, 0.2) is 18.2 Å². The monoisotopic (exact) mass is 204 g/mol. The van der Waals surface area contributed by atoms with Crippen LogP contribution in [0.3, 0.4) is 0 Å². The first-order valence-corrected chi connectivity index (χ1v) is 5.09. The minimum atomic E-state index is -0.147. The Bertz CT molecular complexity index is 363. The van der Waals surface area contributed by atoms with Crippen LogP contribution in [0.25, 0.3) is 0 Å². The highest BCUT2D eigenvalue weighted by molar-refractivity contribution is 5.37. The number of aliphatic hydroxyl groups excluding tert-OH is 1. The first-order valence-electron chi connectivity index (χ1n) is 5.09. The van der Waals surface area contributed by atoms with Gasteiger partial charge in [-0.05, 0) is 30.0 Å². The molecule has 0 aliphatic carbocycles. The van der Waals surface area contributed by atoms with Crippen molar-refractivity contribution in [3.63, 3.8) is 0 Å². The maximum atomic E-state index is 9.42. The van der Waals surface area contributed by atoms with Crippen molar-refractivity contribution in [2.75, 3.05) is 0 Å². The number of phenols is 1. The van der Waals surface area contributed by atoms with Crippen molar-refractivity contribution in [1.82, 2.24) is 0 Å². The van der Waals surface area contributed by atoms with Crippen LogP contribution in [0, 0.1) is 12.3 Å². The molecule has 0 heterocycles. The molecule has 1 aromatic rings. The van der Waals surface area contributed by atoms with Gasteiger partial charge < -0.3 is 10.2 Å². The molecule has 2 nitrogen and oxygen atoms in total. The number of aromatic hydroxyl groups is 1. The highest BCUT2D eigenvalue weighted by Gasteiger charge is 2.10. The Morgan fingerprint density at radius 3 is 2.73 bits per heavy atom. The molecule has 0 aliphatic rings. The van der Waals surface area contributed by atoms with Crippen LogP contribution in [0.2, 0.25) is 0 Å². The topological polar surface area (TPSA) is 40.5 Å². The van der Waals surface area contributed by atoms with E-state index in [1.807, 2.05) is 12.1 Å². The van der Waals surface area contributed by atoms with Gasteiger partial charge in [0.2, 0.25) is 0 Å². The first-order chi connectivity index (χ1) is 7.22. The van der Waals surface area contributed by atoms with Gasteiger partial charge in [-0.15, -0.1) is 12.3 Å². The fraction of sp³-hybridized carbons (Fsp3) is 0.385. The zero-order valence-corrected chi connectivity index (χ0v) is 8.90. The van der Waals surface area contributed by atoms with E-state index in [2.05, 4.69) is 12.8 Å². The van der Waals surface area contributed by atoms with E-state index in [1.165, 1.54) is 0 Å². The molecule has 1 aromatic carbocycles. The second-order valence-electron chi connectivity index (χ2n) is 3.56. The van der Waals surface area contributed by atoms with Crippen LogP contribution >= 0.6 is 0 Å². The van der Waals surface area contributed by atoms with Crippen LogP contribution in [0.4, 0.5) is 0 Å². The highest BCUT2D eigenvalue weighted by atomic mass is 16.3. The standard InChI is InChI=1S/C13H16O2/c1-3-5-10(4-2)11-6-7-13(15)12(8-11)9-14/h1,6-8,10,14-15H,4-5,9H2,2H3. The number of benzene rings is 1. The normalized spacial score (nSPS) is 12.1. The summed E-state index contributed by atoms with van der Waals surface area (Å²) < 4.78 is 0. The third kappa shape index (κ3) is 2.74. The minimum Gasteiger partial charge on any atom is -0.508 e. The molecule has 0 amide bonds. The third-order valence-electron chi connectivity index (χ3n) is 2.60. The van der Waals surface area contributed by atoms with E-state index in [0.717, 1.165) is 12.0 Å². The Hall–Kier alpha value is -1.46. The second-order valence-corrected chi connectivity index (χ2v) is 3.56. The summed E-state index contributed by atoms with van der Waals surface area (Å²) in [6.45, 7) is 1.93. The summed E-state index contributed by atoms with van der Waals surface area (Å²) in [6.07, 6.45) is 6.94. The number of hydrogen-bond acceptors (Lipinski definition) is 2. The van der Waals surface area contributed by atoms with Gasteiger partial charge in [-0.3, -0.25) is 0 Å². The van der Waals surface area contributed by atoms with Crippen LogP contribution in [-0.2, 0) is 6.61 Å². The van der Waals surface area contributed by atoms with E-state index in [1.54, 1.807) is 6.07 Å². The Labute approximate surface area is 90.6 Å². The molecule has 1 rings (SSSR count). The Morgan fingerprint density at radius 1 is 1.47 bits per heavy atom. The van der Waals surface area contributed by atoms with E-state index in [0.29, 0.717) is 17.9 Å². The van der Waals surface area contributed by atoms with Gasteiger partial charge >= 0.3 is 0 Å². The molecule has 0 aliphatic heterocycles. The molecule has 0 aromatic heterocycles. The van der Waals surface area contributed by atoms with Crippen molar-refractivity contribution in [1.29, 1.82) is 0 Å². The summed E-state index contributed by atoms with van der Waals surface area (Å²) >= 11 is 0. The van der Waals surface area contributed by atoms with Crippen molar-refractivity contribution >= 4 is 0 Å². The number of aliphatic hydroxyl groups is 1. The van der Waals surface area contributed by atoms with Gasteiger partial charge in [0.1, 0.15) is 5.75 Å². The van der Waals surface area contributed by atoms with Crippen molar-refractivity contribution in [3.8, 4) is 18.1 Å². The molecule has 0 bridgehead atoms. The molecule has 0 saturated heterocycles. The van der Waals surface area contributed by atoms with Gasteiger partial charge in [-0.25, -0.2) is 0 Å². The SMILES string of the molecule is C#CCC(CC)c1ccc(O)c(CO)c1. The Balaban J connectivity index is 2.99. The van der Waals surface area contributed by atoms with Crippen molar-refractivity contribution < 1.29 is 10.2 Å². The third-order valence-corrected chi connectivity index (χ3v) is 2.60. The van der Waals surface area contributed by atoms with Crippen LogP contribution in [0.5, 0.6) is 5.75 Å². The number of hydrogen-bond donors (Lipinski definition) is 2. The highest BCUT2D eigenvalue weighted by Crippen LogP contribution is 2.27. The minimum absolute atomic E-state index is 0.136. The molecule has 1 unspecified atom stereocenters. The summed E-state index contributed by atoms with van der Waals surface area (Å²) in [6, 6.07) is 5.29. The van der Waals surface area contributed by atoms with Crippen molar-refractivity contribution in [3.05, 3.63) is 29.3 Å². The summed E-state index contributed by atoms with van der Waals surface area (Å²) in [5.74, 6) is 3.09. The average Bonchev–Trinajstić information content (AvgIpc) is 2.27. The lowest BCUT2D eigenvalue weighted by atomic mass is 9.92. The molecule has 0 fully saturated rings. The van der Waals surface area contributed by atoms with Gasteiger partial charge in [0.05, 0.1) is 6.61 Å².